The fourth-order valence-corrected chi connectivity index (χ4v) is 2.32. The van der Waals surface area contributed by atoms with Gasteiger partial charge in [0.25, 0.3) is 5.91 Å². The Labute approximate surface area is 114 Å². The zero-order chi connectivity index (χ0) is 13.7. The van der Waals surface area contributed by atoms with Crippen LogP contribution >= 0.6 is 0 Å². The Kier molecular flexibility index (Phi) is 4.66. The first-order chi connectivity index (χ1) is 9.19. The second-order valence-electron chi connectivity index (χ2n) is 4.93. The predicted octanol–water partition coefficient (Wildman–Crippen LogP) is 2.52. The monoisotopic (exact) mass is 263 g/mol. The van der Waals surface area contributed by atoms with E-state index in [0.29, 0.717) is 11.8 Å². The summed E-state index contributed by atoms with van der Waals surface area (Å²) in [6.07, 6.45) is 4.08. The molecule has 0 unspecified atom stereocenters. The molecule has 0 bridgehead atoms. The van der Waals surface area contributed by atoms with E-state index in [2.05, 4.69) is 5.32 Å². The van der Waals surface area contributed by atoms with Crippen molar-refractivity contribution in [1.29, 1.82) is 0 Å². The third kappa shape index (κ3) is 3.88. The van der Waals surface area contributed by atoms with Gasteiger partial charge in [-0.25, -0.2) is 0 Å². The first-order valence-corrected chi connectivity index (χ1v) is 6.80. The third-order valence-electron chi connectivity index (χ3n) is 3.42. The highest BCUT2D eigenvalue weighted by molar-refractivity contribution is 5.81. The van der Waals surface area contributed by atoms with Crippen LogP contribution in [0, 0.1) is 0 Å². The maximum atomic E-state index is 12.0. The summed E-state index contributed by atoms with van der Waals surface area (Å²) >= 11 is 0. The van der Waals surface area contributed by atoms with Crippen LogP contribution < -0.4 is 14.8 Å². The molecule has 104 valence electrons. The number of nitrogens with one attached hydrogen (secondary N) is 1. The molecular formula is C15H21NO3. The van der Waals surface area contributed by atoms with E-state index in [0.717, 1.165) is 18.6 Å². The lowest BCUT2D eigenvalue weighted by Gasteiger charge is -2.18. The summed E-state index contributed by atoms with van der Waals surface area (Å²) < 4.78 is 10.8. The number of methoxy groups -OCH3 is 1. The SMILES string of the molecule is COc1cccc(O[C@H](C)C(=O)NC2CCCC2)c1. The minimum Gasteiger partial charge on any atom is -0.497 e. The zero-order valence-corrected chi connectivity index (χ0v) is 11.5. The van der Waals surface area contributed by atoms with Crippen molar-refractivity contribution >= 4 is 5.91 Å². The third-order valence-corrected chi connectivity index (χ3v) is 3.42. The standard InChI is InChI=1S/C15H21NO3/c1-11(15(17)16-12-6-3-4-7-12)19-14-9-5-8-13(10-14)18-2/h5,8-12H,3-4,6-7H2,1-2H3,(H,16,17)/t11-/m1/s1. The lowest BCUT2D eigenvalue weighted by Crippen LogP contribution is -2.41. The maximum absolute atomic E-state index is 12.0. The second kappa shape index (κ2) is 6.45. The van der Waals surface area contributed by atoms with Crippen LogP contribution in [0.2, 0.25) is 0 Å². The highest BCUT2D eigenvalue weighted by atomic mass is 16.5. The van der Waals surface area contributed by atoms with E-state index in [9.17, 15) is 4.79 Å². The molecule has 0 aliphatic heterocycles. The van der Waals surface area contributed by atoms with Gasteiger partial charge in [0.05, 0.1) is 7.11 Å². The summed E-state index contributed by atoms with van der Waals surface area (Å²) in [5, 5.41) is 3.03. The minimum absolute atomic E-state index is 0.0466. The molecule has 1 atom stereocenters. The molecule has 0 radical (unpaired) electrons. The molecule has 0 heterocycles. The highest BCUT2D eigenvalue weighted by Gasteiger charge is 2.21. The molecule has 0 spiro atoms. The molecule has 1 saturated carbocycles. The van der Waals surface area contributed by atoms with E-state index in [4.69, 9.17) is 9.47 Å². The lowest BCUT2D eigenvalue weighted by atomic mass is 10.2. The first-order valence-electron chi connectivity index (χ1n) is 6.80. The van der Waals surface area contributed by atoms with Gasteiger partial charge in [-0.15, -0.1) is 0 Å². The van der Waals surface area contributed by atoms with Crippen LogP contribution in [0.25, 0.3) is 0 Å². The van der Waals surface area contributed by atoms with Gasteiger partial charge >= 0.3 is 0 Å². The Balaban J connectivity index is 1.88. The molecule has 2 rings (SSSR count). The highest BCUT2D eigenvalue weighted by Crippen LogP contribution is 2.21. The molecule has 4 nitrogen and oxygen atoms in total. The van der Waals surface area contributed by atoms with Gasteiger partial charge < -0.3 is 14.8 Å². The van der Waals surface area contributed by atoms with Crippen LogP contribution in [0.5, 0.6) is 11.5 Å². The van der Waals surface area contributed by atoms with Crippen LogP contribution in [-0.2, 0) is 4.79 Å². The number of ether oxygens (including phenoxy) is 2. The Morgan fingerprint density at radius 3 is 2.68 bits per heavy atom. The second-order valence-corrected chi connectivity index (χ2v) is 4.93. The van der Waals surface area contributed by atoms with Crippen LogP contribution in [0.3, 0.4) is 0 Å². The number of carbonyl (C=O) groups excluding carboxylic acids is 1. The van der Waals surface area contributed by atoms with Gasteiger partial charge in [0.1, 0.15) is 11.5 Å². The zero-order valence-electron chi connectivity index (χ0n) is 11.5. The van der Waals surface area contributed by atoms with Gasteiger partial charge in [-0.2, -0.15) is 0 Å². The van der Waals surface area contributed by atoms with Gasteiger partial charge in [-0.3, -0.25) is 4.79 Å². The molecule has 1 N–H and O–H groups in total. The fraction of sp³-hybridized carbons (Fsp3) is 0.533. The van der Waals surface area contributed by atoms with Gasteiger partial charge in [0, 0.05) is 12.1 Å². The Morgan fingerprint density at radius 1 is 1.32 bits per heavy atom. The Hall–Kier alpha value is -1.71. The molecule has 1 amide bonds. The molecule has 4 heteroatoms. The predicted molar refractivity (Wildman–Crippen MR) is 73.5 cm³/mol. The first kappa shape index (κ1) is 13.7. The number of hydrogen-bond donors (Lipinski definition) is 1. The van der Waals surface area contributed by atoms with Crippen molar-refractivity contribution in [3.05, 3.63) is 24.3 Å². The molecular weight excluding hydrogens is 242 g/mol. The van der Waals surface area contributed by atoms with E-state index in [-0.39, 0.29) is 5.91 Å². The van der Waals surface area contributed by atoms with Crippen molar-refractivity contribution in [1.82, 2.24) is 5.32 Å². The van der Waals surface area contributed by atoms with Gasteiger partial charge in [0.2, 0.25) is 0 Å². The summed E-state index contributed by atoms with van der Waals surface area (Å²) in [5.74, 6) is 1.32. The summed E-state index contributed by atoms with van der Waals surface area (Å²) in [6, 6.07) is 7.61. The fourth-order valence-electron chi connectivity index (χ4n) is 2.32. The number of amides is 1. The van der Waals surface area contributed by atoms with E-state index >= 15 is 0 Å². The topological polar surface area (TPSA) is 47.6 Å². The van der Waals surface area contributed by atoms with E-state index in [1.165, 1.54) is 12.8 Å². The van der Waals surface area contributed by atoms with Crippen molar-refractivity contribution in [3.8, 4) is 11.5 Å². The van der Waals surface area contributed by atoms with Crippen molar-refractivity contribution in [3.63, 3.8) is 0 Å². The summed E-state index contributed by atoms with van der Waals surface area (Å²) in [4.78, 5) is 12.0. The number of hydrogen-bond acceptors (Lipinski definition) is 3. The van der Waals surface area contributed by atoms with Crippen LogP contribution in [0.15, 0.2) is 24.3 Å². The Bertz CT molecular complexity index is 427. The number of carbonyl (C=O) groups is 1. The van der Waals surface area contributed by atoms with Gasteiger partial charge in [-0.1, -0.05) is 18.9 Å². The van der Waals surface area contributed by atoms with Crippen LogP contribution in [-0.4, -0.2) is 25.2 Å². The summed E-state index contributed by atoms with van der Waals surface area (Å²) in [6.45, 7) is 1.77. The summed E-state index contributed by atoms with van der Waals surface area (Å²) in [5.41, 5.74) is 0. The molecule has 1 aliphatic rings. The van der Waals surface area contributed by atoms with E-state index in [1.54, 1.807) is 20.1 Å². The van der Waals surface area contributed by atoms with E-state index < -0.39 is 6.10 Å². The average molecular weight is 263 g/mol. The van der Waals surface area contributed by atoms with Crippen molar-refractivity contribution in [2.45, 2.75) is 44.8 Å². The van der Waals surface area contributed by atoms with Gasteiger partial charge in [-0.05, 0) is 31.9 Å². The molecule has 0 aromatic heterocycles. The molecule has 1 aliphatic carbocycles. The van der Waals surface area contributed by atoms with Crippen molar-refractivity contribution in [2.24, 2.45) is 0 Å². The largest absolute Gasteiger partial charge is 0.497 e. The lowest BCUT2D eigenvalue weighted by molar-refractivity contribution is -0.127. The minimum atomic E-state index is -0.493. The molecule has 1 aromatic rings. The van der Waals surface area contributed by atoms with E-state index in [1.807, 2.05) is 18.2 Å². The molecule has 1 aromatic carbocycles. The van der Waals surface area contributed by atoms with Gasteiger partial charge in [0.15, 0.2) is 6.10 Å². The van der Waals surface area contributed by atoms with Crippen LogP contribution in [0.1, 0.15) is 32.6 Å². The quantitative estimate of drug-likeness (QED) is 0.888. The van der Waals surface area contributed by atoms with Crippen molar-refractivity contribution < 1.29 is 14.3 Å². The number of benzene rings is 1. The molecule has 19 heavy (non-hydrogen) atoms. The average Bonchev–Trinajstić information content (AvgIpc) is 2.91. The maximum Gasteiger partial charge on any atom is 0.260 e. The smallest absolute Gasteiger partial charge is 0.260 e. The number of rotatable bonds is 5. The van der Waals surface area contributed by atoms with Crippen LogP contribution in [0.4, 0.5) is 0 Å². The normalized spacial score (nSPS) is 16.9. The molecule has 1 fully saturated rings. The molecule has 0 saturated heterocycles. The Morgan fingerprint density at radius 2 is 2.00 bits per heavy atom. The summed E-state index contributed by atoms with van der Waals surface area (Å²) in [7, 11) is 1.61. The van der Waals surface area contributed by atoms with Crippen molar-refractivity contribution in [2.75, 3.05) is 7.11 Å².